The molecule has 14 nitrogen and oxygen atoms in total. The molecule has 3 aromatic carbocycles. The maximum atomic E-state index is 13.4. The van der Waals surface area contributed by atoms with E-state index >= 15 is 0 Å². The van der Waals surface area contributed by atoms with Crippen LogP contribution in [-0.2, 0) is 29.6 Å². The lowest BCUT2D eigenvalue weighted by Crippen LogP contribution is -2.54. The Bertz CT molecular complexity index is 2430. The van der Waals surface area contributed by atoms with Crippen LogP contribution in [0.3, 0.4) is 0 Å². The van der Waals surface area contributed by atoms with Crippen molar-refractivity contribution >= 4 is 97.7 Å². The van der Waals surface area contributed by atoms with Gasteiger partial charge < -0.3 is 15.5 Å². The number of piperidine rings is 2. The smallest absolute Gasteiger partial charge is 0.262 e. The Labute approximate surface area is 341 Å². The summed E-state index contributed by atoms with van der Waals surface area (Å²) in [5, 5.41) is 15.1. The van der Waals surface area contributed by atoms with Gasteiger partial charge in [-0.1, -0.05) is 23.7 Å². The number of para-hydroxylation sites is 1. The van der Waals surface area contributed by atoms with Crippen LogP contribution in [0.25, 0.3) is 11.0 Å². The Hall–Kier alpha value is -5.13. The van der Waals surface area contributed by atoms with Crippen LogP contribution in [0.1, 0.15) is 57.5 Å². The van der Waals surface area contributed by atoms with E-state index in [4.69, 9.17) is 16.6 Å². The average Bonchev–Trinajstić information content (AvgIpc) is 3.63. The third-order valence-corrected chi connectivity index (χ3v) is 12.5. The van der Waals surface area contributed by atoms with Gasteiger partial charge in [-0.2, -0.15) is 10.1 Å². The summed E-state index contributed by atoms with van der Waals surface area (Å²) in [7, 11) is 1.86. The highest BCUT2D eigenvalue weighted by atomic mass is 127. The van der Waals surface area contributed by atoms with Gasteiger partial charge in [0.05, 0.1) is 27.2 Å². The highest BCUT2D eigenvalue weighted by molar-refractivity contribution is 14.1. The molecule has 1 unspecified atom stereocenters. The molecule has 56 heavy (non-hydrogen) atoms. The number of aromatic nitrogens is 4. The number of aryl methyl sites for hydroxylation is 1. The number of benzene rings is 3. The molecule has 0 radical (unpaired) electrons. The van der Waals surface area contributed by atoms with Crippen molar-refractivity contribution in [2.24, 2.45) is 13.0 Å². The number of hydrogen-bond donors (Lipinski definition) is 3. The second-order valence-corrected chi connectivity index (χ2v) is 16.4. The normalized spacial score (nSPS) is 19.0. The van der Waals surface area contributed by atoms with Crippen molar-refractivity contribution in [3.05, 3.63) is 91.6 Å². The third kappa shape index (κ3) is 6.85. The summed E-state index contributed by atoms with van der Waals surface area (Å²) in [6.45, 7) is 4.58. The lowest BCUT2D eigenvalue weighted by atomic mass is 9.93. The SMILES string of the molecule is Cn1nc(Nc2c(Cl)cccc2I)c2cnc(Nc3ccc4c(c3)CN(CC3CCN(c5ccc6c(c5)C(=O)N(C5CCC(=O)NC5=O)C6=O)CC3)CC4)nc21. The highest BCUT2D eigenvalue weighted by Crippen LogP contribution is 2.35. The zero-order valence-electron chi connectivity index (χ0n) is 30.5. The van der Waals surface area contributed by atoms with Crippen molar-refractivity contribution in [2.45, 2.75) is 44.7 Å². The molecule has 4 aliphatic heterocycles. The van der Waals surface area contributed by atoms with E-state index in [1.807, 2.05) is 31.3 Å². The summed E-state index contributed by atoms with van der Waals surface area (Å²) in [4.78, 5) is 65.9. The van der Waals surface area contributed by atoms with E-state index in [9.17, 15) is 19.2 Å². The Morgan fingerprint density at radius 2 is 1.73 bits per heavy atom. The van der Waals surface area contributed by atoms with Gasteiger partial charge >= 0.3 is 0 Å². The lowest BCUT2D eigenvalue weighted by molar-refractivity contribution is -0.136. The molecule has 0 bridgehead atoms. The third-order valence-electron chi connectivity index (χ3n) is 11.3. The largest absolute Gasteiger partial charge is 0.371 e. The summed E-state index contributed by atoms with van der Waals surface area (Å²) in [6, 6.07) is 16.6. The number of nitrogens with one attached hydrogen (secondary N) is 3. The minimum atomic E-state index is -0.970. The fourth-order valence-corrected chi connectivity index (χ4v) is 9.31. The van der Waals surface area contributed by atoms with Gasteiger partial charge in [0, 0.05) is 67.3 Å². The van der Waals surface area contributed by atoms with Gasteiger partial charge in [-0.25, -0.2) is 9.67 Å². The monoisotopic (exact) mass is 884 g/mol. The van der Waals surface area contributed by atoms with Gasteiger partial charge in [-0.15, -0.1) is 0 Å². The number of amides is 4. The van der Waals surface area contributed by atoms with E-state index < -0.39 is 23.8 Å². The van der Waals surface area contributed by atoms with Crippen molar-refractivity contribution in [3.8, 4) is 0 Å². The van der Waals surface area contributed by atoms with Gasteiger partial charge in [-0.05, 0) is 108 Å². The van der Waals surface area contributed by atoms with Crippen LogP contribution in [0.2, 0.25) is 5.02 Å². The molecule has 1 atom stereocenters. The number of rotatable bonds is 8. The number of nitrogens with zero attached hydrogens (tertiary/aromatic N) is 7. The second-order valence-electron chi connectivity index (χ2n) is 14.8. The first kappa shape index (κ1) is 36.5. The average molecular weight is 885 g/mol. The first-order valence-electron chi connectivity index (χ1n) is 18.7. The Morgan fingerprint density at radius 3 is 2.54 bits per heavy atom. The molecular formula is C40H38ClIN10O4. The Balaban J connectivity index is 0.811. The van der Waals surface area contributed by atoms with Crippen molar-refractivity contribution < 1.29 is 19.2 Å². The van der Waals surface area contributed by atoms with Gasteiger partial charge in [0.1, 0.15) is 6.04 Å². The number of halogens is 2. The molecule has 9 rings (SSSR count). The van der Waals surface area contributed by atoms with Crippen LogP contribution in [0.4, 0.5) is 28.8 Å². The molecule has 0 saturated carbocycles. The van der Waals surface area contributed by atoms with E-state index in [1.54, 1.807) is 23.0 Å². The van der Waals surface area contributed by atoms with E-state index in [-0.39, 0.29) is 18.7 Å². The summed E-state index contributed by atoms with van der Waals surface area (Å²) in [5.74, 6) is -0.289. The molecule has 2 aromatic heterocycles. The van der Waals surface area contributed by atoms with Crippen LogP contribution in [0, 0.1) is 9.49 Å². The van der Waals surface area contributed by atoms with Crippen molar-refractivity contribution in [1.82, 2.24) is 34.9 Å². The fraction of sp³-hybridized carbons (Fsp3) is 0.325. The highest BCUT2D eigenvalue weighted by Gasteiger charge is 2.45. The second kappa shape index (κ2) is 14.7. The van der Waals surface area contributed by atoms with Crippen LogP contribution >= 0.6 is 34.2 Å². The van der Waals surface area contributed by atoms with Crippen LogP contribution in [-0.4, -0.2) is 85.4 Å². The standard InChI is InChI=1S/C40H38ClIN10O4/c1-49-36-29(35(48-49)46-34-30(41)3-2-4-31(34)42)19-43-40(47-36)44-25-6-5-23-13-14-50(21-24(23)17-25)20-22-11-15-51(16-12-22)26-7-8-27-28(18-26)39(56)52(38(27)55)32-9-10-33(53)45-37(32)54/h2-8,17-19,22,32H,9-16,20-21H2,1H3,(H,46,48)(H,43,44,47)(H,45,53,54). The number of anilines is 5. The summed E-state index contributed by atoms with van der Waals surface area (Å²) < 4.78 is 2.72. The molecule has 2 fully saturated rings. The van der Waals surface area contributed by atoms with Gasteiger partial charge in [0.2, 0.25) is 17.8 Å². The molecule has 4 amide bonds. The van der Waals surface area contributed by atoms with Crippen molar-refractivity contribution in [2.75, 3.05) is 41.7 Å². The predicted octanol–water partition coefficient (Wildman–Crippen LogP) is 5.78. The Kier molecular flexibility index (Phi) is 9.61. The van der Waals surface area contributed by atoms with E-state index in [2.05, 4.69) is 76.6 Å². The van der Waals surface area contributed by atoms with Gasteiger partial charge in [-0.3, -0.25) is 34.3 Å². The quantitative estimate of drug-likeness (QED) is 0.128. The fourth-order valence-electron chi connectivity index (χ4n) is 8.30. The molecule has 6 heterocycles. The number of carbonyl (C=O) groups is 4. The molecule has 2 saturated heterocycles. The molecule has 4 aliphatic rings. The summed E-state index contributed by atoms with van der Waals surface area (Å²) in [6.07, 6.45) is 5.03. The van der Waals surface area contributed by atoms with E-state index in [0.717, 1.165) is 82.9 Å². The molecular weight excluding hydrogens is 847 g/mol. The van der Waals surface area contributed by atoms with Crippen LogP contribution in [0.15, 0.2) is 60.8 Å². The minimum Gasteiger partial charge on any atom is -0.371 e. The van der Waals surface area contributed by atoms with Gasteiger partial charge in [0.25, 0.3) is 11.8 Å². The Morgan fingerprint density at radius 1 is 0.911 bits per heavy atom. The number of imide groups is 2. The summed E-state index contributed by atoms with van der Waals surface area (Å²) in [5.41, 5.74) is 6.58. The molecule has 3 N–H and O–H groups in total. The molecule has 16 heteroatoms. The predicted molar refractivity (Wildman–Crippen MR) is 221 cm³/mol. The first-order chi connectivity index (χ1) is 27.1. The number of fused-ring (bicyclic) bond motifs is 3. The minimum absolute atomic E-state index is 0.0953. The lowest BCUT2D eigenvalue weighted by Gasteiger charge is -2.37. The number of hydrogen-bond acceptors (Lipinski definition) is 11. The van der Waals surface area contributed by atoms with Crippen LogP contribution < -0.4 is 20.9 Å². The summed E-state index contributed by atoms with van der Waals surface area (Å²) >= 11 is 8.70. The molecule has 286 valence electrons. The maximum absolute atomic E-state index is 13.4. The van der Waals surface area contributed by atoms with Crippen molar-refractivity contribution in [1.29, 1.82) is 0 Å². The topological polar surface area (TPSA) is 158 Å². The van der Waals surface area contributed by atoms with E-state index in [1.165, 1.54) is 11.1 Å². The van der Waals surface area contributed by atoms with E-state index in [0.29, 0.717) is 39.5 Å². The number of carbonyl (C=O) groups excluding carboxylic acids is 4. The zero-order chi connectivity index (χ0) is 38.7. The maximum Gasteiger partial charge on any atom is 0.262 e. The molecule has 5 aromatic rings. The molecule has 0 spiro atoms. The van der Waals surface area contributed by atoms with Gasteiger partial charge in [0.15, 0.2) is 11.5 Å². The first-order valence-corrected chi connectivity index (χ1v) is 20.2. The van der Waals surface area contributed by atoms with Crippen LogP contribution in [0.5, 0.6) is 0 Å². The molecule has 0 aliphatic carbocycles. The zero-order valence-corrected chi connectivity index (χ0v) is 33.4. The van der Waals surface area contributed by atoms with Crippen molar-refractivity contribution in [3.63, 3.8) is 0 Å².